The Balaban J connectivity index is 1.81. The second kappa shape index (κ2) is 5.73. The Kier molecular flexibility index (Phi) is 3.62. The van der Waals surface area contributed by atoms with Crippen molar-refractivity contribution in [2.24, 2.45) is 0 Å². The van der Waals surface area contributed by atoms with E-state index in [1.54, 1.807) is 11.8 Å². The first kappa shape index (κ1) is 12.7. The highest BCUT2D eigenvalue weighted by Crippen LogP contribution is 2.15. The van der Waals surface area contributed by atoms with Crippen molar-refractivity contribution in [3.63, 3.8) is 0 Å². The minimum absolute atomic E-state index is 0.724. The van der Waals surface area contributed by atoms with Crippen LogP contribution >= 0.6 is 0 Å². The quantitative estimate of drug-likeness (QED) is 0.847. The Hall–Kier alpha value is -2.37. The van der Waals surface area contributed by atoms with Gasteiger partial charge in [-0.1, -0.05) is 0 Å². The fourth-order valence-electron chi connectivity index (χ4n) is 2.27. The maximum absolute atomic E-state index is 5.15. The van der Waals surface area contributed by atoms with Gasteiger partial charge in [-0.25, -0.2) is 0 Å². The van der Waals surface area contributed by atoms with Gasteiger partial charge >= 0.3 is 0 Å². The highest BCUT2D eigenvalue weighted by Gasteiger charge is 2.09. The van der Waals surface area contributed by atoms with Gasteiger partial charge in [0.1, 0.15) is 5.75 Å². The number of hydrogen-bond donors (Lipinski definition) is 0. The predicted octanol–water partition coefficient (Wildman–Crippen LogP) is 1.74. The molecule has 1 aliphatic heterocycles. The topological polar surface area (TPSA) is 56.1 Å². The van der Waals surface area contributed by atoms with E-state index in [2.05, 4.69) is 26.6 Å². The zero-order chi connectivity index (χ0) is 13.8. The molecule has 1 aliphatic rings. The number of aromatic nitrogens is 4. The molecule has 0 bridgehead atoms. The summed E-state index contributed by atoms with van der Waals surface area (Å²) in [5.41, 5.74) is 0.914. The lowest BCUT2D eigenvalue weighted by Gasteiger charge is -2.09. The average molecular weight is 271 g/mol. The van der Waals surface area contributed by atoms with Crippen molar-refractivity contribution < 1.29 is 4.74 Å². The lowest BCUT2D eigenvalue weighted by atomic mass is 10.3. The Morgan fingerprint density at radius 1 is 1.15 bits per heavy atom. The summed E-state index contributed by atoms with van der Waals surface area (Å²) < 4.78 is 6.86. The van der Waals surface area contributed by atoms with E-state index in [-0.39, 0.29) is 0 Å². The molecule has 0 radical (unpaired) electrons. The fourth-order valence-corrected chi connectivity index (χ4v) is 2.27. The van der Waals surface area contributed by atoms with Gasteiger partial charge in [-0.05, 0) is 47.5 Å². The molecule has 6 heteroatoms. The van der Waals surface area contributed by atoms with Crippen molar-refractivity contribution in [3.05, 3.63) is 36.3 Å². The SMILES string of the molecule is COc1ccc(-n2nnnc2/C=C/N2CCCC2)cc1. The summed E-state index contributed by atoms with van der Waals surface area (Å²) in [5.74, 6) is 1.54. The van der Waals surface area contributed by atoms with E-state index >= 15 is 0 Å². The van der Waals surface area contributed by atoms with E-state index in [0.29, 0.717) is 0 Å². The third-order valence-electron chi connectivity index (χ3n) is 3.39. The number of benzene rings is 1. The van der Waals surface area contributed by atoms with Crippen molar-refractivity contribution in [1.82, 2.24) is 25.1 Å². The molecule has 0 atom stereocenters. The summed E-state index contributed by atoms with van der Waals surface area (Å²) >= 11 is 0. The summed E-state index contributed by atoms with van der Waals surface area (Å²) in [4.78, 5) is 2.28. The van der Waals surface area contributed by atoms with Gasteiger partial charge in [0.2, 0.25) is 0 Å². The van der Waals surface area contributed by atoms with Gasteiger partial charge in [-0.15, -0.1) is 5.10 Å². The highest BCUT2D eigenvalue weighted by atomic mass is 16.5. The van der Waals surface area contributed by atoms with Gasteiger partial charge in [-0.2, -0.15) is 4.68 Å². The number of nitrogens with zero attached hydrogens (tertiary/aromatic N) is 5. The number of likely N-dealkylation sites (tertiary alicyclic amines) is 1. The number of hydrogen-bond acceptors (Lipinski definition) is 5. The van der Waals surface area contributed by atoms with Gasteiger partial charge < -0.3 is 9.64 Å². The van der Waals surface area contributed by atoms with Gasteiger partial charge in [0.05, 0.1) is 12.8 Å². The van der Waals surface area contributed by atoms with Crippen LogP contribution in [0.15, 0.2) is 30.5 Å². The van der Waals surface area contributed by atoms with E-state index in [1.165, 1.54) is 12.8 Å². The molecular formula is C14H17N5O. The Bertz CT molecular complexity index is 584. The molecule has 2 aromatic rings. The summed E-state index contributed by atoms with van der Waals surface area (Å²) in [6, 6.07) is 7.65. The third-order valence-corrected chi connectivity index (χ3v) is 3.39. The molecule has 1 saturated heterocycles. The van der Waals surface area contributed by atoms with Gasteiger partial charge in [0.25, 0.3) is 0 Å². The molecule has 0 unspecified atom stereocenters. The van der Waals surface area contributed by atoms with Gasteiger partial charge in [-0.3, -0.25) is 0 Å². The molecule has 0 N–H and O–H groups in total. The van der Waals surface area contributed by atoms with Crippen LogP contribution in [-0.2, 0) is 0 Å². The van der Waals surface area contributed by atoms with Crippen molar-refractivity contribution in [3.8, 4) is 11.4 Å². The maximum Gasteiger partial charge on any atom is 0.181 e. The maximum atomic E-state index is 5.15. The lowest BCUT2D eigenvalue weighted by Crippen LogP contribution is -2.10. The van der Waals surface area contributed by atoms with Crippen LogP contribution in [0.4, 0.5) is 0 Å². The smallest absolute Gasteiger partial charge is 0.181 e. The molecule has 1 aromatic carbocycles. The zero-order valence-electron chi connectivity index (χ0n) is 11.4. The van der Waals surface area contributed by atoms with E-state index in [9.17, 15) is 0 Å². The second-order valence-corrected chi connectivity index (χ2v) is 4.71. The number of tetrazole rings is 1. The van der Waals surface area contributed by atoms with Crippen LogP contribution in [0, 0.1) is 0 Å². The Morgan fingerprint density at radius 3 is 2.60 bits per heavy atom. The molecule has 1 aromatic heterocycles. The standard InChI is InChI=1S/C14H17N5O/c1-20-13-6-4-12(5-7-13)19-14(15-16-17-19)8-11-18-9-2-3-10-18/h4-8,11H,2-3,9-10H2,1H3/b11-8+. The largest absolute Gasteiger partial charge is 0.497 e. The fraction of sp³-hybridized carbons (Fsp3) is 0.357. The van der Waals surface area contributed by atoms with E-state index in [0.717, 1.165) is 30.4 Å². The Labute approximate surface area is 117 Å². The molecule has 3 rings (SSSR count). The van der Waals surface area contributed by atoms with Crippen LogP contribution in [0.25, 0.3) is 11.8 Å². The minimum Gasteiger partial charge on any atom is -0.497 e. The second-order valence-electron chi connectivity index (χ2n) is 4.71. The lowest BCUT2D eigenvalue weighted by molar-refractivity contribution is 0.414. The summed E-state index contributed by atoms with van der Waals surface area (Å²) in [6.07, 6.45) is 6.54. The zero-order valence-corrected chi connectivity index (χ0v) is 11.4. The van der Waals surface area contributed by atoms with Crippen molar-refractivity contribution >= 4 is 6.08 Å². The monoisotopic (exact) mass is 271 g/mol. The third kappa shape index (κ3) is 2.64. The first-order chi connectivity index (χ1) is 9.86. The number of ether oxygens (including phenoxy) is 1. The molecule has 0 spiro atoms. The summed E-state index contributed by atoms with van der Waals surface area (Å²) in [5, 5.41) is 11.8. The van der Waals surface area contributed by atoms with Crippen molar-refractivity contribution in [2.45, 2.75) is 12.8 Å². The molecular weight excluding hydrogens is 254 g/mol. The average Bonchev–Trinajstić information content (AvgIpc) is 3.16. The van der Waals surface area contributed by atoms with Crippen LogP contribution < -0.4 is 4.74 Å². The summed E-state index contributed by atoms with van der Waals surface area (Å²) in [6.45, 7) is 2.22. The minimum atomic E-state index is 0.724. The van der Waals surface area contributed by atoms with Crippen LogP contribution in [0.2, 0.25) is 0 Å². The Morgan fingerprint density at radius 2 is 1.90 bits per heavy atom. The van der Waals surface area contributed by atoms with Crippen molar-refractivity contribution in [1.29, 1.82) is 0 Å². The number of rotatable bonds is 4. The van der Waals surface area contributed by atoms with Crippen LogP contribution in [0.5, 0.6) is 5.75 Å². The first-order valence-corrected chi connectivity index (χ1v) is 6.72. The molecule has 1 fully saturated rings. The number of methoxy groups -OCH3 is 1. The van der Waals surface area contributed by atoms with E-state index < -0.39 is 0 Å². The van der Waals surface area contributed by atoms with Gasteiger partial charge in [0, 0.05) is 25.4 Å². The highest BCUT2D eigenvalue weighted by molar-refractivity contribution is 5.45. The molecule has 0 aliphatic carbocycles. The molecule has 20 heavy (non-hydrogen) atoms. The predicted molar refractivity (Wildman–Crippen MR) is 75.5 cm³/mol. The molecule has 6 nitrogen and oxygen atoms in total. The first-order valence-electron chi connectivity index (χ1n) is 6.72. The van der Waals surface area contributed by atoms with Crippen LogP contribution in [0.1, 0.15) is 18.7 Å². The normalized spacial score (nSPS) is 15.2. The van der Waals surface area contributed by atoms with Crippen LogP contribution in [-0.4, -0.2) is 45.3 Å². The van der Waals surface area contributed by atoms with Crippen molar-refractivity contribution in [2.75, 3.05) is 20.2 Å². The molecule has 2 heterocycles. The van der Waals surface area contributed by atoms with Gasteiger partial charge in [0.15, 0.2) is 5.82 Å². The van der Waals surface area contributed by atoms with E-state index in [4.69, 9.17) is 4.74 Å². The molecule has 0 amide bonds. The molecule has 104 valence electrons. The van der Waals surface area contributed by atoms with Crippen LogP contribution in [0.3, 0.4) is 0 Å². The van der Waals surface area contributed by atoms with E-state index in [1.807, 2.05) is 30.3 Å². The molecule has 0 saturated carbocycles. The summed E-state index contributed by atoms with van der Waals surface area (Å²) in [7, 11) is 1.65.